The number of carbonyl (C=O) groups is 1. The van der Waals surface area contributed by atoms with Gasteiger partial charge in [0.05, 0.1) is 11.4 Å². The van der Waals surface area contributed by atoms with Crippen molar-refractivity contribution < 1.29 is 4.79 Å². The lowest BCUT2D eigenvalue weighted by Gasteiger charge is -2.19. The Hall–Kier alpha value is -2.78. The van der Waals surface area contributed by atoms with Gasteiger partial charge in [-0.05, 0) is 34.8 Å². The molecule has 0 amide bonds. The van der Waals surface area contributed by atoms with Gasteiger partial charge < -0.3 is 5.32 Å². The van der Waals surface area contributed by atoms with Gasteiger partial charge in [0, 0.05) is 17.2 Å². The Balaban J connectivity index is 0.00000190. The maximum absolute atomic E-state index is 12.4. The van der Waals surface area contributed by atoms with E-state index in [1.54, 1.807) is 12.2 Å². The summed E-state index contributed by atoms with van der Waals surface area (Å²) in [4.78, 5) is 12.9. The number of allylic oxidation sites excluding steroid dienone is 12. The molecule has 0 aromatic heterocycles. The van der Waals surface area contributed by atoms with Crippen molar-refractivity contribution in [1.29, 1.82) is 0 Å². The molecule has 0 aromatic carbocycles. The van der Waals surface area contributed by atoms with Crippen LogP contribution in [0.5, 0.6) is 0 Å². The van der Waals surface area contributed by atoms with Crippen molar-refractivity contribution in [2.45, 2.75) is 26.7 Å². The van der Waals surface area contributed by atoms with E-state index in [0.717, 1.165) is 28.7 Å². The van der Waals surface area contributed by atoms with E-state index in [4.69, 9.17) is 12.2 Å². The molecule has 1 aliphatic heterocycles. The number of Topliss-reactive ketones (excluding diaryl/α,β-unsaturated/α-hetero) is 1. The van der Waals surface area contributed by atoms with Crippen LogP contribution in [-0.4, -0.2) is 10.8 Å². The first kappa shape index (κ1) is 23.3. The predicted molar refractivity (Wildman–Crippen MR) is 126 cm³/mol. The third-order valence-corrected chi connectivity index (χ3v) is 4.66. The lowest BCUT2D eigenvalue weighted by atomic mass is 9.92. The molecule has 2 rings (SSSR count). The van der Waals surface area contributed by atoms with Crippen molar-refractivity contribution in [2.75, 3.05) is 0 Å². The highest BCUT2D eigenvalue weighted by atomic mass is 32.1. The SMILES string of the molecule is C=C/C=C(\C=C)CC1C=C(/C=C2/C(=C)NC(=S)CC2=O)C(C=C)=C1C=C.CC. The van der Waals surface area contributed by atoms with Crippen LogP contribution in [0.4, 0.5) is 0 Å². The summed E-state index contributed by atoms with van der Waals surface area (Å²) in [7, 11) is 0. The van der Waals surface area contributed by atoms with Crippen LogP contribution in [0.1, 0.15) is 26.7 Å². The van der Waals surface area contributed by atoms with Crippen molar-refractivity contribution in [2.24, 2.45) is 5.92 Å². The van der Waals surface area contributed by atoms with Crippen LogP contribution in [-0.2, 0) is 4.79 Å². The Kier molecular flexibility index (Phi) is 9.26. The van der Waals surface area contributed by atoms with Gasteiger partial charge in [-0.2, -0.15) is 0 Å². The van der Waals surface area contributed by atoms with E-state index in [2.05, 4.69) is 44.3 Å². The predicted octanol–water partition coefficient (Wildman–Crippen LogP) is 6.26. The number of hydrogen-bond acceptors (Lipinski definition) is 2. The number of ketones is 1. The summed E-state index contributed by atoms with van der Waals surface area (Å²) in [5, 5.41) is 2.99. The lowest BCUT2D eigenvalue weighted by molar-refractivity contribution is -0.114. The fourth-order valence-corrected chi connectivity index (χ4v) is 3.45. The Labute approximate surface area is 174 Å². The molecule has 0 bridgehead atoms. The normalized spacial score (nSPS) is 20.9. The average Bonchev–Trinajstić information content (AvgIpc) is 3.01. The van der Waals surface area contributed by atoms with Gasteiger partial charge in [0.15, 0.2) is 5.78 Å². The molecule has 0 aromatic rings. The molecule has 0 saturated carbocycles. The van der Waals surface area contributed by atoms with E-state index in [1.807, 2.05) is 38.2 Å². The van der Waals surface area contributed by atoms with Crippen molar-refractivity contribution >= 4 is 23.0 Å². The molecule has 1 saturated heterocycles. The van der Waals surface area contributed by atoms with Crippen molar-refractivity contribution in [3.05, 3.63) is 109 Å². The van der Waals surface area contributed by atoms with Crippen LogP contribution in [0, 0.1) is 5.92 Å². The zero-order valence-corrected chi connectivity index (χ0v) is 17.7. The molecule has 2 aliphatic rings. The highest BCUT2D eigenvalue weighted by Gasteiger charge is 2.26. The summed E-state index contributed by atoms with van der Waals surface area (Å²) in [5.41, 5.74) is 5.19. The van der Waals surface area contributed by atoms with E-state index in [9.17, 15) is 4.79 Å². The summed E-state index contributed by atoms with van der Waals surface area (Å²) >= 11 is 5.09. The zero-order valence-electron chi connectivity index (χ0n) is 16.9. The molecule has 1 N–H and O–H groups in total. The molecular weight excluding hydrogens is 362 g/mol. The van der Waals surface area contributed by atoms with Gasteiger partial charge in [0.1, 0.15) is 0 Å². The topological polar surface area (TPSA) is 29.1 Å². The Morgan fingerprint density at radius 1 is 1.25 bits per heavy atom. The number of nitrogens with one attached hydrogen (secondary N) is 1. The second-order valence-electron chi connectivity index (χ2n) is 6.08. The van der Waals surface area contributed by atoms with E-state index in [1.165, 1.54) is 0 Å². The molecule has 1 heterocycles. The molecule has 1 aliphatic carbocycles. The Bertz CT molecular complexity index is 824. The van der Waals surface area contributed by atoms with Crippen molar-refractivity contribution in [3.63, 3.8) is 0 Å². The average molecular weight is 392 g/mol. The first-order valence-corrected chi connectivity index (χ1v) is 9.75. The van der Waals surface area contributed by atoms with Gasteiger partial charge >= 0.3 is 0 Å². The summed E-state index contributed by atoms with van der Waals surface area (Å²) in [6.45, 7) is 23.4. The number of carbonyl (C=O) groups excluding carboxylic acids is 1. The Morgan fingerprint density at radius 2 is 1.93 bits per heavy atom. The lowest BCUT2D eigenvalue weighted by Crippen LogP contribution is -2.32. The van der Waals surface area contributed by atoms with Gasteiger partial charge in [0.2, 0.25) is 0 Å². The van der Waals surface area contributed by atoms with E-state index < -0.39 is 0 Å². The molecule has 3 heteroatoms. The smallest absolute Gasteiger partial charge is 0.171 e. The third kappa shape index (κ3) is 5.37. The first-order chi connectivity index (χ1) is 13.4. The van der Waals surface area contributed by atoms with E-state index in [-0.39, 0.29) is 18.1 Å². The van der Waals surface area contributed by atoms with Crippen molar-refractivity contribution in [3.8, 4) is 0 Å². The quantitative estimate of drug-likeness (QED) is 0.316. The molecule has 1 fully saturated rings. The molecule has 28 heavy (non-hydrogen) atoms. The van der Waals surface area contributed by atoms with Crippen LogP contribution in [0.15, 0.2) is 109 Å². The number of thiocarbonyl (C=S) groups is 1. The second kappa shape index (κ2) is 11.2. The van der Waals surface area contributed by atoms with E-state index >= 15 is 0 Å². The van der Waals surface area contributed by atoms with Gasteiger partial charge in [0.25, 0.3) is 0 Å². The summed E-state index contributed by atoms with van der Waals surface area (Å²) < 4.78 is 0. The molecule has 1 unspecified atom stereocenters. The molecule has 1 atom stereocenters. The first-order valence-electron chi connectivity index (χ1n) is 9.34. The molecule has 2 nitrogen and oxygen atoms in total. The monoisotopic (exact) mass is 391 g/mol. The van der Waals surface area contributed by atoms with Gasteiger partial charge in [-0.25, -0.2) is 0 Å². The second-order valence-corrected chi connectivity index (χ2v) is 6.57. The standard InChI is InChI=1S/C23H23NOS.C2H6/c1-6-10-16(7-2)11-17-12-18(20(9-4)19(17)8-3)13-21-15(5)24-23(26)14-22(21)25;1-2/h6-10,12-13,17H,1-5,11,14H2,(H,24,26);1-2H3/b16-10+,21-13-;. The summed E-state index contributed by atoms with van der Waals surface area (Å²) in [5.74, 6) is 0.113. The van der Waals surface area contributed by atoms with Crippen LogP contribution in [0.2, 0.25) is 0 Å². The molecule has 0 spiro atoms. The Morgan fingerprint density at radius 3 is 2.43 bits per heavy atom. The maximum atomic E-state index is 12.4. The highest BCUT2D eigenvalue weighted by Crippen LogP contribution is 2.38. The van der Waals surface area contributed by atoms with Crippen LogP contribution in [0.3, 0.4) is 0 Å². The van der Waals surface area contributed by atoms with Gasteiger partial charge in [-0.1, -0.05) is 95.4 Å². The summed E-state index contributed by atoms with van der Waals surface area (Å²) in [6, 6.07) is 0. The summed E-state index contributed by atoms with van der Waals surface area (Å²) in [6.07, 6.45) is 14.2. The number of rotatable bonds is 7. The maximum Gasteiger partial charge on any atom is 0.171 e. The van der Waals surface area contributed by atoms with Crippen LogP contribution in [0.25, 0.3) is 0 Å². The number of piperidine rings is 1. The van der Waals surface area contributed by atoms with E-state index in [0.29, 0.717) is 16.3 Å². The van der Waals surface area contributed by atoms with Gasteiger partial charge in [-0.15, -0.1) is 0 Å². The molecule has 146 valence electrons. The molecule has 0 radical (unpaired) electrons. The fraction of sp³-hybridized carbons (Fsp3) is 0.200. The van der Waals surface area contributed by atoms with Gasteiger partial charge in [-0.3, -0.25) is 4.79 Å². The minimum atomic E-state index is -0.0231. The minimum absolute atomic E-state index is 0.0231. The largest absolute Gasteiger partial charge is 0.350 e. The third-order valence-electron chi connectivity index (χ3n) is 4.41. The van der Waals surface area contributed by atoms with Crippen LogP contribution < -0.4 is 5.32 Å². The minimum Gasteiger partial charge on any atom is -0.350 e. The van der Waals surface area contributed by atoms with Crippen molar-refractivity contribution in [1.82, 2.24) is 5.32 Å². The number of hydrogen-bond donors (Lipinski definition) is 1. The molecular formula is C25H29NOS. The zero-order chi connectivity index (χ0) is 21.3. The van der Waals surface area contributed by atoms with Crippen LogP contribution >= 0.6 is 12.2 Å². The highest BCUT2D eigenvalue weighted by molar-refractivity contribution is 7.80. The fourth-order valence-electron chi connectivity index (χ4n) is 3.19.